The first-order valence-electron chi connectivity index (χ1n) is 5.50. The number of carbonyl (C=O) groups is 1. The summed E-state index contributed by atoms with van der Waals surface area (Å²) in [7, 11) is 0. The second kappa shape index (κ2) is 5.11. The Labute approximate surface area is 112 Å². The van der Waals surface area contributed by atoms with Crippen LogP contribution in [0.4, 0.5) is 0 Å². The van der Waals surface area contributed by atoms with E-state index < -0.39 is 11.2 Å². The second-order valence-electron chi connectivity index (χ2n) is 3.82. The van der Waals surface area contributed by atoms with E-state index in [0.29, 0.717) is 15.4 Å². The fraction of sp³-hybridized carbons (Fsp3) is 0.364. The van der Waals surface area contributed by atoms with Gasteiger partial charge in [-0.1, -0.05) is 18.7 Å². The smallest absolute Gasteiger partial charge is 0.260 e. The number of amides is 1. The lowest BCUT2D eigenvalue weighted by Gasteiger charge is -2.05. The highest BCUT2D eigenvalue weighted by Crippen LogP contribution is 2.25. The van der Waals surface area contributed by atoms with Gasteiger partial charge in [-0.05, 0) is 19.4 Å². The predicted molar refractivity (Wildman–Crippen MR) is 74.1 cm³/mol. The number of primary amides is 1. The van der Waals surface area contributed by atoms with Crippen molar-refractivity contribution in [2.24, 2.45) is 5.73 Å². The van der Waals surface area contributed by atoms with E-state index in [2.05, 4.69) is 9.97 Å². The van der Waals surface area contributed by atoms with Gasteiger partial charge in [0.05, 0.1) is 10.6 Å². The molecule has 5 nitrogen and oxygen atoms in total. The normalized spacial score (nSPS) is 12.8. The maximum atomic E-state index is 11.9. The number of hydrogen-bond donors (Lipinski definition) is 2. The number of nitrogens with two attached hydrogens (primary N) is 1. The number of nitrogens with zero attached hydrogens (tertiary/aromatic N) is 1. The Kier molecular flexibility index (Phi) is 3.72. The van der Waals surface area contributed by atoms with Crippen LogP contribution >= 0.6 is 23.1 Å². The first-order valence-corrected chi connectivity index (χ1v) is 7.19. The van der Waals surface area contributed by atoms with Crippen LogP contribution in [0, 0.1) is 0 Å². The fourth-order valence-corrected chi connectivity index (χ4v) is 3.19. The maximum Gasteiger partial charge on any atom is 0.260 e. The van der Waals surface area contributed by atoms with Crippen LogP contribution in [0.5, 0.6) is 0 Å². The van der Waals surface area contributed by atoms with E-state index in [4.69, 9.17) is 5.73 Å². The Morgan fingerprint density at radius 3 is 3.00 bits per heavy atom. The molecule has 2 rings (SSSR count). The molecule has 3 N–H and O–H groups in total. The molecular weight excluding hydrogens is 270 g/mol. The summed E-state index contributed by atoms with van der Waals surface area (Å²) in [6, 6.07) is 1.86. The molecule has 0 aromatic carbocycles. The van der Waals surface area contributed by atoms with Crippen LogP contribution in [0.2, 0.25) is 0 Å². The standard InChI is InChI=1S/C11H13N3O2S2/c1-3-6-4-7-9(16)13-11(14-10(7)18-6)17-5(2)8(12)15/h4-5H,3H2,1-2H3,(H2,12,15)(H,13,14,16). The van der Waals surface area contributed by atoms with Crippen LogP contribution in [0.15, 0.2) is 16.0 Å². The third kappa shape index (κ3) is 2.56. The molecule has 2 aromatic rings. The SMILES string of the molecule is CCc1cc2c(=O)[nH]c(SC(C)C(N)=O)nc2s1. The third-order valence-corrected chi connectivity index (χ3v) is 4.64. The summed E-state index contributed by atoms with van der Waals surface area (Å²) in [6.45, 7) is 3.72. The molecule has 0 spiro atoms. The van der Waals surface area contributed by atoms with Crippen LogP contribution in [-0.4, -0.2) is 21.1 Å². The zero-order valence-electron chi connectivity index (χ0n) is 10.0. The molecule has 0 aliphatic heterocycles. The average molecular weight is 283 g/mol. The zero-order valence-corrected chi connectivity index (χ0v) is 11.7. The Morgan fingerprint density at radius 1 is 1.67 bits per heavy atom. The molecule has 0 aliphatic rings. The van der Waals surface area contributed by atoms with Crippen molar-refractivity contribution in [2.75, 3.05) is 0 Å². The van der Waals surface area contributed by atoms with Gasteiger partial charge in [0.15, 0.2) is 5.16 Å². The summed E-state index contributed by atoms with van der Waals surface area (Å²) < 4.78 is 0. The van der Waals surface area contributed by atoms with E-state index in [1.807, 2.05) is 13.0 Å². The van der Waals surface area contributed by atoms with Crippen molar-refractivity contribution in [3.63, 3.8) is 0 Å². The maximum absolute atomic E-state index is 11.9. The van der Waals surface area contributed by atoms with Crippen LogP contribution < -0.4 is 11.3 Å². The molecular formula is C11H13N3O2S2. The number of rotatable bonds is 4. The number of carbonyl (C=O) groups excluding carboxylic acids is 1. The lowest BCUT2D eigenvalue weighted by molar-refractivity contribution is -0.117. The summed E-state index contributed by atoms with van der Waals surface area (Å²) in [6.07, 6.45) is 0.876. The largest absolute Gasteiger partial charge is 0.369 e. The Balaban J connectivity index is 2.42. The van der Waals surface area contributed by atoms with Crippen LogP contribution in [0.3, 0.4) is 0 Å². The highest BCUT2D eigenvalue weighted by Gasteiger charge is 2.14. The van der Waals surface area contributed by atoms with E-state index in [9.17, 15) is 9.59 Å². The molecule has 0 bridgehead atoms. The van der Waals surface area contributed by atoms with Gasteiger partial charge in [0.1, 0.15) is 4.83 Å². The first-order chi connectivity index (χ1) is 8.51. The van der Waals surface area contributed by atoms with Crippen molar-refractivity contribution in [3.8, 4) is 0 Å². The number of thiophene rings is 1. The van der Waals surface area contributed by atoms with E-state index >= 15 is 0 Å². The number of aryl methyl sites for hydroxylation is 1. The minimum Gasteiger partial charge on any atom is -0.369 e. The van der Waals surface area contributed by atoms with Gasteiger partial charge in [0.25, 0.3) is 5.56 Å². The molecule has 18 heavy (non-hydrogen) atoms. The number of H-pyrrole nitrogens is 1. The topological polar surface area (TPSA) is 88.8 Å². The van der Waals surface area contributed by atoms with Crippen molar-refractivity contribution < 1.29 is 4.79 Å². The second-order valence-corrected chi connectivity index (χ2v) is 6.26. The van der Waals surface area contributed by atoms with Crippen LogP contribution in [0.25, 0.3) is 10.2 Å². The summed E-state index contributed by atoms with van der Waals surface area (Å²) in [5.74, 6) is -0.428. The number of hydrogen-bond acceptors (Lipinski definition) is 5. The molecule has 2 heterocycles. The summed E-state index contributed by atoms with van der Waals surface area (Å²) in [4.78, 5) is 31.7. The fourth-order valence-electron chi connectivity index (χ4n) is 1.42. The van der Waals surface area contributed by atoms with E-state index in [1.54, 1.807) is 6.92 Å². The van der Waals surface area contributed by atoms with Crippen molar-refractivity contribution in [2.45, 2.75) is 30.7 Å². The number of nitrogens with one attached hydrogen (secondary N) is 1. The van der Waals surface area contributed by atoms with Gasteiger partial charge in [-0.25, -0.2) is 4.98 Å². The van der Waals surface area contributed by atoms with E-state index in [0.717, 1.165) is 23.1 Å². The van der Waals surface area contributed by atoms with Crippen LogP contribution in [-0.2, 0) is 11.2 Å². The highest BCUT2D eigenvalue weighted by molar-refractivity contribution is 8.00. The van der Waals surface area contributed by atoms with Gasteiger partial charge < -0.3 is 10.7 Å². The molecule has 7 heteroatoms. The monoisotopic (exact) mass is 283 g/mol. The van der Waals surface area contributed by atoms with E-state index in [-0.39, 0.29) is 5.56 Å². The van der Waals surface area contributed by atoms with Crippen molar-refractivity contribution in [3.05, 3.63) is 21.3 Å². The lowest BCUT2D eigenvalue weighted by atomic mass is 10.3. The van der Waals surface area contributed by atoms with Gasteiger partial charge >= 0.3 is 0 Å². The molecule has 1 unspecified atom stereocenters. The van der Waals surface area contributed by atoms with Crippen molar-refractivity contribution >= 4 is 39.2 Å². The molecule has 0 aliphatic carbocycles. The number of aromatic nitrogens is 2. The molecule has 0 radical (unpaired) electrons. The number of aromatic amines is 1. The van der Waals surface area contributed by atoms with Gasteiger partial charge in [-0.15, -0.1) is 11.3 Å². The highest BCUT2D eigenvalue weighted by atomic mass is 32.2. The Bertz CT molecular complexity index is 647. The number of thioether (sulfide) groups is 1. The van der Waals surface area contributed by atoms with Gasteiger partial charge in [-0.2, -0.15) is 0 Å². The first kappa shape index (κ1) is 13.1. The van der Waals surface area contributed by atoms with Crippen LogP contribution in [0.1, 0.15) is 18.7 Å². The summed E-state index contributed by atoms with van der Waals surface area (Å²) >= 11 is 2.66. The average Bonchev–Trinajstić information content (AvgIpc) is 2.72. The van der Waals surface area contributed by atoms with E-state index in [1.165, 1.54) is 11.3 Å². The molecule has 96 valence electrons. The number of fused-ring (bicyclic) bond motifs is 1. The zero-order chi connectivity index (χ0) is 13.3. The molecule has 0 fully saturated rings. The minimum absolute atomic E-state index is 0.171. The molecule has 1 amide bonds. The summed E-state index contributed by atoms with van der Waals surface area (Å²) in [5.41, 5.74) is 5.01. The Hall–Kier alpha value is -1.34. The third-order valence-electron chi connectivity index (χ3n) is 2.47. The Morgan fingerprint density at radius 2 is 2.39 bits per heavy atom. The van der Waals surface area contributed by atoms with Crippen molar-refractivity contribution in [1.29, 1.82) is 0 Å². The van der Waals surface area contributed by atoms with Gasteiger partial charge in [-0.3, -0.25) is 9.59 Å². The molecule has 1 atom stereocenters. The van der Waals surface area contributed by atoms with Crippen molar-refractivity contribution in [1.82, 2.24) is 9.97 Å². The molecule has 0 saturated heterocycles. The molecule has 0 saturated carbocycles. The predicted octanol–water partition coefficient (Wildman–Crippen LogP) is 1.51. The lowest BCUT2D eigenvalue weighted by Crippen LogP contribution is -2.23. The van der Waals surface area contributed by atoms with Gasteiger partial charge in [0.2, 0.25) is 5.91 Å². The van der Waals surface area contributed by atoms with Gasteiger partial charge in [0, 0.05) is 4.88 Å². The molecule has 2 aromatic heterocycles. The summed E-state index contributed by atoms with van der Waals surface area (Å²) in [5, 5.41) is 0.618. The quantitative estimate of drug-likeness (QED) is 0.657. The minimum atomic E-state index is -0.428.